The fraction of sp³-hybridized carbons (Fsp3) is 0.436. The highest BCUT2D eigenvalue weighted by Crippen LogP contribution is 2.48. The minimum Gasteiger partial charge on any atom is -0.492 e. The largest absolute Gasteiger partial charge is 0.492 e. The van der Waals surface area contributed by atoms with Crippen LogP contribution in [0, 0.1) is 10.8 Å². The summed E-state index contributed by atoms with van der Waals surface area (Å²) in [5.74, 6) is 0.776. The minimum atomic E-state index is -0.863. The molecule has 3 aromatic rings. The maximum atomic E-state index is 12.6. The molecule has 0 unspecified atom stereocenters. The molecule has 0 spiro atoms. The highest BCUT2D eigenvalue weighted by Gasteiger charge is 2.31. The Labute approximate surface area is 273 Å². The Morgan fingerprint density at radius 1 is 0.891 bits per heavy atom. The number of piperidine rings is 1. The van der Waals surface area contributed by atoms with Crippen molar-refractivity contribution in [2.24, 2.45) is 10.8 Å². The van der Waals surface area contributed by atoms with Crippen molar-refractivity contribution >= 4 is 23.1 Å². The molecule has 244 valence electrons. The number of carbonyl (C=O) groups excluding carboxylic acids is 1. The first kappa shape index (κ1) is 33.3. The van der Waals surface area contributed by atoms with Gasteiger partial charge in [0.2, 0.25) is 0 Å². The van der Waals surface area contributed by atoms with Crippen LogP contribution < -0.4 is 14.2 Å². The first-order valence-electron chi connectivity index (χ1n) is 16.3. The van der Waals surface area contributed by atoms with E-state index in [4.69, 9.17) is 14.2 Å². The summed E-state index contributed by atoms with van der Waals surface area (Å²) >= 11 is 0. The van der Waals surface area contributed by atoms with Gasteiger partial charge >= 0.3 is 11.9 Å². The number of ether oxygens (including phenoxy) is 3. The number of hydrogen-bond donors (Lipinski definition) is 1. The molecule has 2 aliphatic heterocycles. The van der Waals surface area contributed by atoms with Gasteiger partial charge in [0.1, 0.15) is 30.0 Å². The molecule has 46 heavy (non-hydrogen) atoms. The van der Waals surface area contributed by atoms with Crippen LogP contribution in [0.25, 0.3) is 11.1 Å². The second-order valence-corrected chi connectivity index (χ2v) is 14.2. The molecule has 1 atom stereocenters. The van der Waals surface area contributed by atoms with E-state index in [1.807, 2.05) is 75.4 Å². The van der Waals surface area contributed by atoms with E-state index >= 15 is 0 Å². The monoisotopic (exact) mass is 625 g/mol. The van der Waals surface area contributed by atoms with Gasteiger partial charge < -0.3 is 19.3 Å². The Kier molecular flexibility index (Phi) is 9.92. The van der Waals surface area contributed by atoms with Crippen molar-refractivity contribution in [2.75, 3.05) is 26.2 Å². The van der Waals surface area contributed by atoms with Gasteiger partial charge in [-0.15, -0.1) is 0 Å². The van der Waals surface area contributed by atoms with Gasteiger partial charge in [-0.25, -0.2) is 0 Å². The van der Waals surface area contributed by atoms with Crippen LogP contribution in [0.1, 0.15) is 89.2 Å². The molecular formula is C39H47NO6. The fourth-order valence-electron chi connectivity index (χ4n) is 5.97. The highest BCUT2D eigenvalue weighted by molar-refractivity contribution is 5.95. The Balaban J connectivity index is 1.44. The number of esters is 1. The van der Waals surface area contributed by atoms with E-state index in [2.05, 4.69) is 11.8 Å². The molecule has 7 nitrogen and oxygen atoms in total. The molecule has 0 radical (unpaired) electrons. The zero-order valence-electron chi connectivity index (χ0n) is 28.0. The van der Waals surface area contributed by atoms with Crippen molar-refractivity contribution in [1.82, 2.24) is 4.90 Å². The number of hydrogen-bond acceptors (Lipinski definition) is 6. The molecule has 2 aliphatic rings. The van der Waals surface area contributed by atoms with Crippen LogP contribution in [0.3, 0.4) is 0 Å². The molecule has 0 aliphatic carbocycles. The fourth-order valence-corrected chi connectivity index (χ4v) is 5.97. The van der Waals surface area contributed by atoms with Crippen molar-refractivity contribution in [3.05, 3.63) is 89.0 Å². The number of carboxylic acid groups (broad SMARTS) is 1. The third kappa shape index (κ3) is 7.81. The number of rotatable bonds is 10. The lowest BCUT2D eigenvalue weighted by Crippen LogP contribution is -2.33. The van der Waals surface area contributed by atoms with E-state index in [-0.39, 0.29) is 5.97 Å². The van der Waals surface area contributed by atoms with Crippen LogP contribution in [-0.2, 0) is 16.0 Å². The number of carbonyl (C=O) groups is 2. The van der Waals surface area contributed by atoms with Crippen LogP contribution in [0.15, 0.2) is 66.7 Å². The predicted octanol–water partition coefficient (Wildman–Crippen LogP) is 8.22. The van der Waals surface area contributed by atoms with Gasteiger partial charge in [-0.05, 0) is 120 Å². The minimum absolute atomic E-state index is 0.310. The van der Waals surface area contributed by atoms with Gasteiger partial charge in [0.15, 0.2) is 0 Å². The maximum absolute atomic E-state index is 12.6. The summed E-state index contributed by atoms with van der Waals surface area (Å²) in [7, 11) is 0. The molecule has 2 heterocycles. The van der Waals surface area contributed by atoms with E-state index in [9.17, 15) is 14.7 Å². The van der Waals surface area contributed by atoms with E-state index in [1.54, 1.807) is 26.0 Å². The van der Waals surface area contributed by atoms with Gasteiger partial charge in [0.25, 0.3) is 0 Å². The molecule has 1 N–H and O–H groups in total. The molecule has 0 bridgehead atoms. The summed E-state index contributed by atoms with van der Waals surface area (Å²) < 4.78 is 18.5. The molecule has 0 amide bonds. The summed E-state index contributed by atoms with van der Waals surface area (Å²) in [6, 6.07) is 21.7. The van der Waals surface area contributed by atoms with Gasteiger partial charge in [-0.1, -0.05) is 42.8 Å². The normalized spacial score (nSPS) is 17.2. The van der Waals surface area contributed by atoms with Crippen molar-refractivity contribution in [1.29, 1.82) is 0 Å². The van der Waals surface area contributed by atoms with Crippen molar-refractivity contribution in [3.8, 4) is 17.2 Å². The van der Waals surface area contributed by atoms with E-state index in [0.29, 0.717) is 24.5 Å². The summed E-state index contributed by atoms with van der Waals surface area (Å²) in [5, 5.41) is 9.62. The Morgan fingerprint density at radius 2 is 1.54 bits per heavy atom. The summed E-state index contributed by atoms with van der Waals surface area (Å²) in [6.45, 7) is 14.9. The van der Waals surface area contributed by atoms with Crippen LogP contribution >= 0.6 is 0 Å². The molecule has 0 aromatic heterocycles. The zero-order chi connectivity index (χ0) is 33.1. The van der Waals surface area contributed by atoms with Gasteiger partial charge in [-0.2, -0.15) is 0 Å². The quantitative estimate of drug-likeness (QED) is 0.179. The van der Waals surface area contributed by atoms with Gasteiger partial charge in [-0.3, -0.25) is 14.5 Å². The number of nitrogens with zero attached hydrogens (tertiary/aromatic N) is 1. The van der Waals surface area contributed by atoms with Gasteiger partial charge in [0, 0.05) is 23.7 Å². The third-order valence-corrected chi connectivity index (χ3v) is 8.89. The number of allylic oxidation sites excluding steroid dienone is 1. The third-order valence-electron chi connectivity index (χ3n) is 8.89. The smallest absolute Gasteiger partial charge is 0.316 e. The average Bonchev–Trinajstić information content (AvgIpc) is 3.01. The second kappa shape index (κ2) is 13.7. The Bertz CT molecular complexity index is 1570. The molecule has 1 saturated heterocycles. The van der Waals surface area contributed by atoms with Crippen molar-refractivity contribution in [2.45, 2.75) is 73.3 Å². The molecule has 7 heteroatoms. The van der Waals surface area contributed by atoms with E-state index < -0.39 is 22.9 Å². The van der Waals surface area contributed by atoms with E-state index in [1.165, 1.54) is 19.3 Å². The number of benzene rings is 3. The Hall–Kier alpha value is -4.10. The maximum Gasteiger partial charge on any atom is 0.316 e. The van der Waals surface area contributed by atoms with Crippen molar-refractivity contribution in [3.63, 3.8) is 0 Å². The van der Waals surface area contributed by atoms with Crippen LogP contribution in [0.4, 0.5) is 0 Å². The first-order chi connectivity index (χ1) is 21.8. The summed E-state index contributed by atoms with van der Waals surface area (Å²) in [5.41, 5.74) is 4.43. The van der Waals surface area contributed by atoms with Crippen LogP contribution in [-0.4, -0.2) is 48.2 Å². The summed E-state index contributed by atoms with van der Waals surface area (Å²) in [4.78, 5) is 26.8. The topological polar surface area (TPSA) is 85.3 Å². The lowest BCUT2D eigenvalue weighted by Gasteiger charge is -2.31. The molecule has 5 rings (SSSR count). The molecule has 0 saturated carbocycles. The Morgan fingerprint density at radius 3 is 2.17 bits per heavy atom. The van der Waals surface area contributed by atoms with Crippen LogP contribution in [0.2, 0.25) is 0 Å². The van der Waals surface area contributed by atoms with E-state index in [0.717, 1.165) is 58.8 Å². The second-order valence-electron chi connectivity index (χ2n) is 14.2. The molecular weight excluding hydrogens is 578 g/mol. The summed E-state index contributed by atoms with van der Waals surface area (Å²) in [6.07, 6.45) is 3.85. The standard InChI is InChI=1S/C39H47NO6/c1-26-32-19-18-31(45-37(43)38(2,3)4)24-33(32)46-35(34(26)28-12-10-27(11-13-28)25-39(5,6)36(41)42)29-14-16-30(17-15-29)44-23-22-40-20-8-7-9-21-40/h10-19,24,35H,7-9,20-23,25H2,1-6H3,(H,41,42)/t35-/m0/s1. The number of carboxylic acids is 1. The van der Waals surface area contributed by atoms with Crippen LogP contribution in [0.5, 0.6) is 17.2 Å². The lowest BCUT2D eigenvalue weighted by atomic mass is 9.83. The van der Waals surface area contributed by atoms with Gasteiger partial charge in [0.05, 0.1) is 10.8 Å². The highest BCUT2D eigenvalue weighted by atomic mass is 16.5. The number of aliphatic carboxylic acids is 1. The first-order valence-corrected chi connectivity index (χ1v) is 16.3. The molecule has 1 fully saturated rings. The number of fused-ring (bicyclic) bond motifs is 1. The number of likely N-dealkylation sites (tertiary alicyclic amines) is 1. The predicted molar refractivity (Wildman–Crippen MR) is 181 cm³/mol. The SMILES string of the molecule is CC1=C(c2ccc(CC(C)(C)C(=O)O)cc2)[C@H](c2ccc(OCCN3CCCCC3)cc2)Oc2cc(OC(=O)C(C)(C)C)ccc21. The molecule has 3 aromatic carbocycles. The average molecular weight is 626 g/mol. The lowest BCUT2D eigenvalue weighted by molar-refractivity contribution is -0.147. The van der Waals surface area contributed by atoms with Crippen molar-refractivity contribution < 1.29 is 28.9 Å². The zero-order valence-corrected chi connectivity index (χ0v) is 28.0.